The summed E-state index contributed by atoms with van der Waals surface area (Å²) in [5, 5.41) is 0. The minimum absolute atomic E-state index is 0. The van der Waals surface area contributed by atoms with Crippen LogP contribution in [0.5, 0.6) is 0 Å². The molecule has 2 nitrogen and oxygen atoms in total. The monoisotopic (exact) mass is 746 g/mol. The van der Waals surface area contributed by atoms with Gasteiger partial charge >= 0.3 is 20.4 Å². The Balaban J connectivity index is 0.00000425. The molecule has 0 aliphatic carbocycles. The van der Waals surface area contributed by atoms with Gasteiger partial charge in [0.05, 0.1) is 0 Å². The molecule has 0 N–H and O–H groups in total. The summed E-state index contributed by atoms with van der Waals surface area (Å²) in [5.74, 6) is 0. The van der Waals surface area contributed by atoms with E-state index in [1.807, 2.05) is 0 Å². The van der Waals surface area contributed by atoms with Crippen molar-refractivity contribution >= 4 is 11.4 Å². The Morgan fingerprint density at radius 1 is 0.458 bits per heavy atom. The Hall–Kier alpha value is -1.82. The summed E-state index contributed by atoms with van der Waals surface area (Å²) < 4.78 is 1.57. The number of aryl methyl sites for hydroxylation is 2. The third-order valence-corrected chi connectivity index (χ3v) is 9.21. The number of rotatable bonds is 23. The first-order valence-electron chi connectivity index (χ1n) is 19.7. The molecule has 0 atom stereocenters. The molecule has 0 bridgehead atoms. The number of unbranched alkanes of at least 4 members (excludes halogenated alkanes) is 13. The van der Waals surface area contributed by atoms with Gasteiger partial charge in [0.15, 0.2) is 0 Å². The molecule has 1 heterocycles. The maximum Gasteiger partial charge on any atom is 2.00 e. The molecule has 0 spiro atoms. The summed E-state index contributed by atoms with van der Waals surface area (Å²) in [6, 6.07) is 18.0. The van der Waals surface area contributed by atoms with Crippen molar-refractivity contribution in [1.82, 2.24) is 0 Å². The van der Waals surface area contributed by atoms with Crippen molar-refractivity contribution in [1.29, 1.82) is 0 Å². The summed E-state index contributed by atoms with van der Waals surface area (Å²) in [6.07, 6.45) is 26.4. The molecule has 3 rings (SSSR count). The summed E-state index contributed by atoms with van der Waals surface area (Å²) in [5.41, 5.74) is 21.8. The molecule has 272 valence electrons. The number of allylic oxidation sites excluding steroid dienone is 2. The number of hydrogen-bond donors (Lipinski definition) is 0. The van der Waals surface area contributed by atoms with E-state index in [4.69, 9.17) is 0 Å². The van der Waals surface area contributed by atoms with Crippen LogP contribution in [0.4, 0.5) is 0 Å². The molecule has 0 saturated carbocycles. The molecule has 1 aliphatic rings. The molecule has 0 amide bonds. The molecule has 0 fully saturated rings. The van der Waals surface area contributed by atoms with Gasteiger partial charge in [-0.2, -0.15) is 13.8 Å². The van der Waals surface area contributed by atoms with Crippen molar-refractivity contribution in [2.45, 2.75) is 176 Å². The minimum Gasteiger partial charge on any atom is -0.493 e. The van der Waals surface area contributed by atoms with Gasteiger partial charge in [-0.1, -0.05) is 135 Å². The van der Waals surface area contributed by atoms with Gasteiger partial charge in [-0.25, -0.2) is 4.70 Å². The summed E-state index contributed by atoms with van der Waals surface area (Å²) in [7, 11) is 0. The topological polar surface area (TPSA) is 25.3 Å². The van der Waals surface area contributed by atoms with E-state index in [1.54, 1.807) is 18.5 Å². The van der Waals surface area contributed by atoms with Gasteiger partial charge in [-0.3, -0.25) is 0 Å². The second-order valence-electron chi connectivity index (χ2n) is 13.0. The molecule has 2 aromatic carbocycles. The fraction of sp³-hybridized carbons (Fsp3) is 0.600. The Bertz CT molecular complexity index is 1180. The average molecular weight is 748 g/mol. The molecule has 0 saturated heterocycles. The van der Waals surface area contributed by atoms with Gasteiger partial charge in [-0.15, -0.1) is 0 Å². The molecule has 0 unspecified atom stereocenters. The standard InChI is InChI=1S/C41H62N2.2C2H5.Pd/c1-5-9-13-14-15-16-17-18-19-20-21-25-35-27-23-29-37(33-35)41-39(31-12-8-4)38(30-11-7-3)40(43(41)42)36-28-22-26-34(32-36)24-10-6-2;2*1-2;/h22-23,26-29,32-33H,5-21,24-25,30-31H2,1-4H3;2*1H2,2H3;/q;2*-1;+2. The fourth-order valence-corrected chi connectivity index (χ4v) is 6.61. The number of nitrogens with zero attached hydrogens (tertiary/aromatic N) is 2. The molecule has 0 aromatic heterocycles. The van der Waals surface area contributed by atoms with Crippen LogP contribution >= 0.6 is 0 Å². The van der Waals surface area contributed by atoms with Crippen LogP contribution in [0.1, 0.15) is 186 Å². The zero-order chi connectivity index (χ0) is 34.7. The van der Waals surface area contributed by atoms with Crippen LogP contribution < -0.4 is 0 Å². The van der Waals surface area contributed by atoms with E-state index in [9.17, 15) is 5.53 Å². The van der Waals surface area contributed by atoms with E-state index in [1.165, 1.54) is 111 Å². The van der Waals surface area contributed by atoms with Crippen LogP contribution in [0, 0.1) is 13.8 Å². The Morgan fingerprint density at radius 3 is 1.19 bits per heavy atom. The van der Waals surface area contributed by atoms with Gasteiger partial charge in [0, 0.05) is 22.3 Å². The summed E-state index contributed by atoms with van der Waals surface area (Å²) in [6.45, 7) is 19.1. The van der Waals surface area contributed by atoms with Crippen LogP contribution in [0.2, 0.25) is 0 Å². The van der Waals surface area contributed by atoms with Crippen LogP contribution in [0.25, 0.3) is 16.9 Å². The van der Waals surface area contributed by atoms with Crippen molar-refractivity contribution in [2.75, 3.05) is 0 Å². The van der Waals surface area contributed by atoms with Crippen molar-refractivity contribution < 1.29 is 25.1 Å². The number of benzene rings is 2. The third-order valence-electron chi connectivity index (χ3n) is 9.21. The smallest absolute Gasteiger partial charge is 0.493 e. The second-order valence-corrected chi connectivity index (χ2v) is 13.0. The molecule has 2 aromatic rings. The van der Waals surface area contributed by atoms with Gasteiger partial charge < -0.3 is 19.4 Å². The van der Waals surface area contributed by atoms with Gasteiger partial charge in [-0.05, 0) is 86.8 Å². The Kier molecular flexibility index (Phi) is 28.9. The first-order valence-corrected chi connectivity index (χ1v) is 19.7. The van der Waals surface area contributed by atoms with Crippen molar-refractivity contribution in [3.8, 4) is 0 Å². The Labute approximate surface area is 312 Å². The van der Waals surface area contributed by atoms with Gasteiger partial charge in [0.25, 0.3) is 0 Å². The van der Waals surface area contributed by atoms with Crippen LogP contribution in [-0.4, -0.2) is 4.70 Å². The molecule has 48 heavy (non-hydrogen) atoms. The van der Waals surface area contributed by atoms with Crippen LogP contribution in [-0.2, 0) is 33.3 Å². The van der Waals surface area contributed by atoms with E-state index in [0.717, 1.165) is 68.3 Å². The van der Waals surface area contributed by atoms with E-state index in [0.29, 0.717) is 0 Å². The van der Waals surface area contributed by atoms with Crippen LogP contribution in [0.15, 0.2) is 59.7 Å². The predicted octanol–water partition coefficient (Wildman–Crippen LogP) is 15.1. The number of hydrogen-bond acceptors (Lipinski definition) is 0. The first kappa shape index (κ1) is 46.2. The van der Waals surface area contributed by atoms with Crippen molar-refractivity contribution in [3.63, 3.8) is 0 Å². The summed E-state index contributed by atoms with van der Waals surface area (Å²) in [4.78, 5) is 0. The van der Waals surface area contributed by atoms with E-state index >= 15 is 0 Å². The minimum atomic E-state index is 0. The molecule has 1 aliphatic heterocycles. The van der Waals surface area contributed by atoms with Gasteiger partial charge in [0.1, 0.15) is 0 Å². The van der Waals surface area contributed by atoms with Crippen molar-refractivity contribution in [3.05, 3.63) is 101 Å². The molecule has 3 heteroatoms. The van der Waals surface area contributed by atoms with E-state index < -0.39 is 0 Å². The molecule has 0 radical (unpaired) electrons. The van der Waals surface area contributed by atoms with E-state index in [2.05, 4.69) is 90.1 Å². The first-order chi connectivity index (χ1) is 23.1. The largest absolute Gasteiger partial charge is 2.00 e. The van der Waals surface area contributed by atoms with Crippen LogP contribution in [0.3, 0.4) is 0 Å². The zero-order valence-corrected chi connectivity index (χ0v) is 33.6. The molecular formula is C45H72N2Pd. The molecular weight excluding hydrogens is 675 g/mol. The zero-order valence-electron chi connectivity index (χ0n) is 32.1. The fourth-order valence-electron chi connectivity index (χ4n) is 6.61. The maximum atomic E-state index is 11.9. The average Bonchev–Trinajstić information content (AvgIpc) is 3.40. The maximum absolute atomic E-state index is 11.9. The van der Waals surface area contributed by atoms with Gasteiger partial charge in [0.2, 0.25) is 11.4 Å². The predicted molar refractivity (Wildman–Crippen MR) is 210 cm³/mol. The van der Waals surface area contributed by atoms with E-state index in [-0.39, 0.29) is 20.4 Å². The normalized spacial score (nSPS) is 12.4. The summed E-state index contributed by atoms with van der Waals surface area (Å²) >= 11 is 0. The Morgan fingerprint density at radius 2 is 0.792 bits per heavy atom. The quantitative estimate of drug-likeness (QED) is 0.0468. The SMILES string of the molecule is CCCCCCCCCCCCCc1cccc(C2=C(CCCC)C(CCCC)=C(c3cccc(CCCC)c3)[N+]2=[N-])c1.[CH2-]C.[CH2-]C.[Pd+2]. The van der Waals surface area contributed by atoms with Crippen molar-refractivity contribution in [2.24, 2.45) is 0 Å². The second kappa shape index (κ2) is 30.0. The third kappa shape index (κ3) is 16.3.